The Kier molecular flexibility index (Phi) is 5.71. The van der Waals surface area contributed by atoms with Gasteiger partial charge in [0.15, 0.2) is 0 Å². The van der Waals surface area contributed by atoms with Crippen molar-refractivity contribution in [3.05, 3.63) is 101 Å². The lowest BCUT2D eigenvalue weighted by Gasteiger charge is -2.19. The van der Waals surface area contributed by atoms with Gasteiger partial charge in [-0.1, -0.05) is 54.6 Å². The molecule has 0 aliphatic heterocycles. The van der Waals surface area contributed by atoms with E-state index >= 15 is 0 Å². The van der Waals surface area contributed by atoms with Crippen LogP contribution < -0.4 is 10.6 Å². The lowest BCUT2D eigenvalue weighted by molar-refractivity contribution is -0.116. The van der Waals surface area contributed by atoms with Crippen LogP contribution in [0.3, 0.4) is 0 Å². The normalized spacial score (nSPS) is 13.4. The summed E-state index contributed by atoms with van der Waals surface area (Å²) in [4.78, 5) is 25.4. The van der Waals surface area contributed by atoms with Crippen LogP contribution in [0.15, 0.2) is 78.9 Å². The Hall–Kier alpha value is -3.40. The Morgan fingerprint density at radius 3 is 2.28 bits per heavy atom. The second-order valence-electron chi connectivity index (χ2n) is 7.39. The van der Waals surface area contributed by atoms with Gasteiger partial charge in [-0.2, -0.15) is 0 Å². The zero-order valence-electron chi connectivity index (χ0n) is 16.2. The number of anilines is 1. The molecule has 3 aromatic rings. The molecule has 0 fully saturated rings. The molecule has 1 aliphatic carbocycles. The van der Waals surface area contributed by atoms with Crippen molar-refractivity contribution < 1.29 is 9.59 Å². The fraction of sp³-hybridized carbons (Fsp3) is 0.200. The Bertz CT molecular complexity index is 1000. The molecule has 0 spiro atoms. The van der Waals surface area contributed by atoms with Crippen LogP contribution in [-0.2, 0) is 17.6 Å². The van der Waals surface area contributed by atoms with Gasteiger partial charge in [0.05, 0.1) is 12.5 Å². The third-order valence-electron chi connectivity index (χ3n) is 5.32. The Labute approximate surface area is 171 Å². The average molecular weight is 384 g/mol. The van der Waals surface area contributed by atoms with Crippen LogP contribution in [0.25, 0.3) is 0 Å². The Balaban J connectivity index is 1.47. The summed E-state index contributed by atoms with van der Waals surface area (Å²) in [5.74, 6) is -0.310. The summed E-state index contributed by atoms with van der Waals surface area (Å²) >= 11 is 0. The van der Waals surface area contributed by atoms with E-state index in [1.165, 1.54) is 17.5 Å². The van der Waals surface area contributed by atoms with E-state index in [2.05, 4.69) is 22.8 Å². The molecule has 2 amide bonds. The Morgan fingerprint density at radius 1 is 0.828 bits per heavy atom. The first-order chi connectivity index (χ1) is 14.2. The Morgan fingerprint density at radius 2 is 1.52 bits per heavy atom. The van der Waals surface area contributed by atoms with E-state index in [1.807, 2.05) is 54.6 Å². The second-order valence-corrected chi connectivity index (χ2v) is 7.39. The van der Waals surface area contributed by atoms with Gasteiger partial charge in [-0.3, -0.25) is 9.59 Å². The first kappa shape index (κ1) is 18.9. The number of carbonyl (C=O) groups is 2. The number of fused-ring (bicyclic) bond motifs is 1. The molecule has 0 unspecified atom stereocenters. The predicted molar refractivity (Wildman–Crippen MR) is 115 cm³/mol. The molecular formula is C25H24N2O2. The molecule has 1 aliphatic rings. The molecule has 0 saturated carbocycles. The van der Waals surface area contributed by atoms with Gasteiger partial charge in [-0.25, -0.2) is 0 Å². The van der Waals surface area contributed by atoms with Crippen molar-refractivity contribution in [1.29, 1.82) is 0 Å². The SMILES string of the molecule is O=C(C[C@@H](NC(=O)c1ccccc1)c1ccccc1)Nc1ccc2c(c1)CCC2. The van der Waals surface area contributed by atoms with Crippen molar-refractivity contribution in [3.8, 4) is 0 Å². The van der Waals surface area contributed by atoms with E-state index in [0.717, 1.165) is 24.1 Å². The summed E-state index contributed by atoms with van der Waals surface area (Å²) < 4.78 is 0. The average Bonchev–Trinajstić information content (AvgIpc) is 3.22. The van der Waals surface area contributed by atoms with Gasteiger partial charge >= 0.3 is 0 Å². The molecule has 29 heavy (non-hydrogen) atoms. The number of aryl methyl sites for hydroxylation is 2. The molecular weight excluding hydrogens is 360 g/mol. The van der Waals surface area contributed by atoms with Crippen LogP contribution in [-0.4, -0.2) is 11.8 Å². The molecule has 4 heteroatoms. The van der Waals surface area contributed by atoms with Gasteiger partial charge in [0.1, 0.15) is 0 Å². The van der Waals surface area contributed by atoms with E-state index in [4.69, 9.17) is 0 Å². The lowest BCUT2D eigenvalue weighted by Crippen LogP contribution is -2.31. The van der Waals surface area contributed by atoms with Crippen LogP contribution in [0.5, 0.6) is 0 Å². The third kappa shape index (κ3) is 4.72. The zero-order valence-corrected chi connectivity index (χ0v) is 16.2. The highest BCUT2D eigenvalue weighted by Gasteiger charge is 2.20. The van der Waals surface area contributed by atoms with E-state index in [-0.39, 0.29) is 18.2 Å². The van der Waals surface area contributed by atoms with Crippen molar-refractivity contribution in [2.75, 3.05) is 5.32 Å². The molecule has 0 radical (unpaired) electrons. The minimum Gasteiger partial charge on any atom is -0.345 e. The highest BCUT2D eigenvalue weighted by atomic mass is 16.2. The smallest absolute Gasteiger partial charge is 0.251 e. The van der Waals surface area contributed by atoms with Crippen molar-refractivity contribution >= 4 is 17.5 Å². The molecule has 4 nitrogen and oxygen atoms in total. The number of nitrogens with one attached hydrogen (secondary N) is 2. The van der Waals surface area contributed by atoms with Crippen LogP contribution in [0.4, 0.5) is 5.69 Å². The number of rotatable bonds is 6. The van der Waals surface area contributed by atoms with Crippen molar-refractivity contribution in [2.24, 2.45) is 0 Å². The highest BCUT2D eigenvalue weighted by Crippen LogP contribution is 2.25. The van der Waals surface area contributed by atoms with Crippen LogP contribution in [0.1, 0.15) is 45.9 Å². The highest BCUT2D eigenvalue weighted by molar-refractivity contribution is 5.95. The van der Waals surface area contributed by atoms with Crippen molar-refractivity contribution in [1.82, 2.24) is 5.32 Å². The maximum absolute atomic E-state index is 12.8. The zero-order chi connectivity index (χ0) is 20.1. The lowest BCUT2D eigenvalue weighted by atomic mass is 10.0. The first-order valence-electron chi connectivity index (χ1n) is 10.0. The summed E-state index contributed by atoms with van der Waals surface area (Å²) in [5, 5.41) is 6.00. The maximum atomic E-state index is 12.8. The molecule has 3 aromatic carbocycles. The van der Waals surface area contributed by atoms with Crippen LogP contribution >= 0.6 is 0 Å². The molecule has 0 aromatic heterocycles. The van der Waals surface area contributed by atoms with Gasteiger partial charge in [0, 0.05) is 11.3 Å². The number of hydrogen-bond acceptors (Lipinski definition) is 2. The van der Waals surface area contributed by atoms with E-state index in [1.54, 1.807) is 12.1 Å². The van der Waals surface area contributed by atoms with E-state index in [9.17, 15) is 9.59 Å². The van der Waals surface area contributed by atoms with Crippen molar-refractivity contribution in [3.63, 3.8) is 0 Å². The van der Waals surface area contributed by atoms with Gasteiger partial charge in [-0.15, -0.1) is 0 Å². The summed E-state index contributed by atoms with van der Waals surface area (Å²) in [5.41, 5.74) is 4.99. The van der Waals surface area contributed by atoms with Gasteiger partial charge in [-0.05, 0) is 60.2 Å². The van der Waals surface area contributed by atoms with Crippen LogP contribution in [0, 0.1) is 0 Å². The molecule has 0 heterocycles. The number of hydrogen-bond donors (Lipinski definition) is 2. The fourth-order valence-corrected chi connectivity index (χ4v) is 3.82. The molecule has 0 saturated heterocycles. The first-order valence-corrected chi connectivity index (χ1v) is 10.0. The quantitative estimate of drug-likeness (QED) is 0.649. The summed E-state index contributed by atoms with van der Waals surface area (Å²) in [6, 6.07) is 24.4. The molecule has 4 rings (SSSR count). The van der Waals surface area contributed by atoms with E-state index < -0.39 is 6.04 Å². The molecule has 146 valence electrons. The number of carbonyl (C=O) groups excluding carboxylic acids is 2. The fourth-order valence-electron chi connectivity index (χ4n) is 3.82. The number of amides is 2. The van der Waals surface area contributed by atoms with Gasteiger partial charge in [0.25, 0.3) is 5.91 Å². The molecule has 1 atom stereocenters. The summed E-state index contributed by atoms with van der Waals surface area (Å²) in [7, 11) is 0. The number of benzene rings is 3. The van der Waals surface area contributed by atoms with E-state index in [0.29, 0.717) is 5.56 Å². The summed E-state index contributed by atoms with van der Waals surface area (Å²) in [6.45, 7) is 0. The minimum atomic E-state index is -0.404. The van der Waals surface area contributed by atoms with Gasteiger partial charge < -0.3 is 10.6 Å². The van der Waals surface area contributed by atoms with Gasteiger partial charge in [0.2, 0.25) is 5.91 Å². The topological polar surface area (TPSA) is 58.2 Å². The minimum absolute atomic E-state index is 0.120. The largest absolute Gasteiger partial charge is 0.345 e. The predicted octanol–water partition coefficient (Wildman–Crippen LogP) is 4.68. The standard InChI is InChI=1S/C25H24N2O2/c28-24(26-22-15-14-18-12-7-13-21(18)16-22)17-23(19-8-3-1-4-9-19)27-25(29)20-10-5-2-6-11-20/h1-6,8-11,14-16,23H,7,12-13,17H2,(H,26,28)(H,27,29)/t23-/m1/s1. The van der Waals surface area contributed by atoms with Crippen LogP contribution in [0.2, 0.25) is 0 Å². The summed E-state index contributed by atoms with van der Waals surface area (Å²) in [6.07, 6.45) is 3.53. The molecule has 2 N–H and O–H groups in total. The maximum Gasteiger partial charge on any atom is 0.251 e. The van der Waals surface area contributed by atoms with Crippen molar-refractivity contribution in [2.45, 2.75) is 31.7 Å². The second kappa shape index (κ2) is 8.74. The molecule has 0 bridgehead atoms. The third-order valence-corrected chi connectivity index (χ3v) is 5.32. The monoisotopic (exact) mass is 384 g/mol.